The van der Waals surface area contributed by atoms with Crippen LogP contribution in [0.5, 0.6) is 0 Å². The first kappa shape index (κ1) is 17.8. The fourth-order valence-corrected chi connectivity index (χ4v) is 3.56. The molecular formula is C17H26N2O3S. The number of hydrogen-bond donors (Lipinski definition) is 1. The average Bonchev–Trinajstić information content (AvgIpc) is 2.55. The molecule has 1 amide bonds. The number of sulfone groups is 1. The molecule has 128 valence electrons. The van der Waals surface area contributed by atoms with E-state index < -0.39 is 9.84 Å². The van der Waals surface area contributed by atoms with Gasteiger partial charge in [-0.05, 0) is 37.1 Å². The number of carbonyl (C=O) groups is 1. The fraction of sp³-hybridized carbons (Fsp3) is 0.588. The van der Waals surface area contributed by atoms with Crippen LogP contribution in [0, 0.1) is 5.92 Å². The summed E-state index contributed by atoms with van der Waals surface area (Å²) in [6, 6.07) is 7.34. The van der Waals surface area contributed by atoms with Crippen molar-refractivity contribution in [1.82, 2.24) is 5.32 Å². The maximum absolute atomic E-state index is 11.8. The minimum atomic E-state index is -3.14. The molecule has 1 N–H and O–H groups in total. The quantitative estimate of drug-likeness (QED) is 0.894. The number of nitrogens with zero attached hydrogens (tertiary/aromatic N) is 1. The standard InChI is InChI=1S/C17H26N2O3S/c1-4-23(21,22)16-7-5-15(6-8-16)19-11-9-14(10-12-19)18-17(20)13(2)3/h5-8,13-14H,4,9-12H2,1-3H3,(H,18,20). The second-order valence-corrected chi connectivity index (χ2v) is 8.60. The Bertz CT molecular complexity index is 630. The molecule has 0 aliphatic carbocycles. The monoisotopic (exact) mass is 338 g/mol. The number of benzene rings is 1. The van der Waals surface area contributed by atoms with E-state index in [9.17, 15) is 13.2 Å². The largest absolute Gasteiger partial charge is 0.371 e. The van der Waals surface area contributed by atoms with Crippen LogP contribution in [0.1, 0.15) is 33.6 Å². The molecule has 1 fully saturated rings. The summed E-state index contributed by atoms with van der Waals surface area (Å²) in [5.74, 6) is 0.242. The van der Waals surface area contributed by atoms with Gasteiger partial charge in [-0.25, -0.2) is 8.42 Å². The van der Waals surface area contributed by atoms with Crippen LogP contribution in [0.25, 0.3) is 0 Å². The Morgan fingerprint density at radius 3 is 2.26 bits per heavy atom. The van der Waals surface area contributed by atoms with Crippen molar-refractivity contribution in [3.05, 3.63) is 24.3 Å². The molecule has 0 saturated carbocycles. The molecule has 2 rings (SSSR count). The molecule has 0 aromatic heterocycles. The first-order valence-corrected chi connectivity index (χ1v) is 9.87. The SMILES string of the molecule is CCS(=O)(=O)c1ccc(N2CCC(NC(=O)C(C)C)CC2)cc1. The maximum Gasteiger partial charge on any atom is 0.222 e. The van der Waals surface area contributed by atoms with E-state index in [2.05, 4.69) is 10.2 Å². The average molecular weight is 338 g/mol. The van der Waals surface area contributed by atoms with Crippen LogP contribution in [-0.2, 0) is 14.6 Å². The molecule has 6 heteroatoms. The Morgan fingerprint density at radius 2 is 1.78 bits per heavy atom. The van der Waals surface area contributed by atoms with Crippen molar-refractivity contribution in [2.24, 2.45) is 5.92 Å². The van der Waals surface area contributed by atoms with Gasteiger partial charge >= 0.3 is 0 Å². The zero-order valence-electron chi connectivity index (χ0n) is 14.1. The van der Waals surface area contributed by atoms with E-state index in [4.69, 9.17) is 0 Å². The predicted molar refractivity (Wildman–Crippen MR) is 92.4 cm³/mol. The van der Waals surface area contributed by atoms with Gasteiger partial charge in [0.1, 0.15) is 0 Å². The smallest absolute Gasteiger partial charge is 0.222 e. The third kappa shape index (κ3) is 4.47. The van der Waals surface area contributed by atoms with Crippen molar-refractivity contribution in [3.8, 4) is 0 Å². The van der Waals surface area contributed by atoms with Crippen molar-refractivity contribution in [2.45, 2.75) is 44.6 Å². The van der Waals surface area contributed by atoms with Gasteiger partial charge in [-0.1, -0.05) is 20.8 Å². The molecule has 1 aliphatic rings. The summed E-state index contributed by atoms with van der Waals surface area (Å²) in [5.41, 5.74) is 1.04. The zero-order valence-corrected chi connectivity index (χ0v) is 14.9. The Kier molecular flexibility index (Phi) is 5.68. The van der Waals surface area contributed by atoms with Gasteiger partial charge in [-0.15, -0.1) is 0 Å². The lowest BCUT2D eigenvalue weighted by atomic mass is 10.0. The summed E-state index contributed by atoms with van der Waals surface area (Å²) in [4.78, 5) is 14.4. The second-order valence-electron chi connectivity index (χ2n) is 6.32. The Morgan fingerprint density at radius 1 is 1.22 bits per heavy atom. The highest BCUT2D eigenvalue weighted by molar-refractivity contribution is 7.91. The predicted octanol–water partition coefficient (Wildman–Crippen LogP) is 2.22. The molecule has 1 aliphatic heterocycles. The lowest BCUT2D eigenvalue weighted by Crippen LogP contribution is -2.45. The lowest BCUT2D eigenvalue weighted by molar-refractivity contribution is -0.124. The number of hydrogen-bond acceptors (Lipinski definition) is 4. The third-order valence-corrected chi connectivity index (χ3v) is 6.06. The molecule has 1 saturated heterocycles. The van der Waals surface area contributed by atoms with Crippen molar-refractivity contribution in [1.29, 1.82) is 0 Å². The molecule has 1 heterocycles. The molecule has 23 heavy (non-hydrogen) atoms. The van der Waals surface area contributed by atoms with Crippen LogP contribution in [0.15, 0.2) is 29.2 Å². The summed E-state index contributed by atoms with van der Waals surface area (Å²) in [5, 5.41) is 3.08. The van der Waals surface area contributed by atoms with Gasteiger partial charge in [0, 0.05) is 30.7 Å². The van der Waals surface area contributed by atoms with Crippen LogP contribution in [0.4, 0.5) is 5.69 Å². The van der Waals surface area contributed by atoms with Crippen LogP contribution in [0.3, 0.4) is 0 Å². The number of rotatable bonds is 5. The van der Waals surface area contributed by atoms with Gasteiger partial charge in [0.05, 0.1) is 10.6 Å². The van der Waals surface area contributed by atoms with E-state index >= 15 is 0 Å². The van der Waals surface area contributed by atoms with Crippen molar-refractivity contribution >= 4 is 21.4 Å². The fourth-order valence-electron chi connectivity index (χ4n) is 2.68. The molecule has 0 radical (unpaired) electrons. The van der Waals surface area contributed by atoms with Gasteiger partial charge < -0.3 is 10.2 Å². The highest BCUT2D eigenvalue weighted by Gasteiger charge is 2.22. The molecular weight excluding hydrogens is 312 g/mol. The molecule has 0 spiro atoms. The number of amides is 1. The number of anilines is 1. The van der Waals surface area contributed by atoms with Gasteiger partial charge in [0.2, 0.25) is 5.91 Å². The topological polar surface area (TPSA) is 66.5 Å². The summed E-state index contributed by atoms with van der Waals surface area (Å²) < 4.78 is 23.7. The maximum atomic E-state index is 11.8. The van der Waals surface area contributed by atoms with Crippen molar-refractivity contribution in [3.63, 3.8) is 0 Å². The number of piperidine rings is 1. The van der Waals surface area contributed by atoms with E-state index in [1.807, 2.05) is 26.0 Å². The molecule has 5 nitrogen and oxygen atoms in total. The summed E-state index contributed by atoms with van der Waals surface area (Å²) >= 11 is 0. The van der Waals surface area contributed by atoms with Crippen LogP contribution >= 0.6 is 0 Å². The minimum Gasteiger partial charge on any atom is -0.371 e. The first-order chi connectivity index (χ1) is 10.8. The van der Waals surface area contributed by atoms with Gasteiger partial charge in [-0.2, -0.15) is 0 Å². The van der Waals surface area contributed by atoms with Crippen LogP contribution in [-0.4, -0.2) is 39.2 Å². The zero-order chi connectivity index (χ0) is 17.0. The van der Waals surface area contributed by atoms with E-state index in [1.54, 1.807) is 19.1 Å². The van der Waals surface area contributed by atoms with Gasteiger partial charge in [0.25, 0.3) is 0 Å². The Hall–Kier alpha value is -1.56. The first-order valence-electron chi connectivity index (χ1n) is 8.21. The van der Waals surface area contributed by atoms with Crippen molar-refractivity contribution in [2.75, 3.05) is 23.7 Å². The van der Waals surface area contributed by atoms with E-state index in [0.29, 0.717) is 4.90 Å². The van der Waals surface area contributed by atoms with Crippen LogP contribution in [0.2, 0.25) is 0 Å². The second kappa shape index (κ2) is 7.34. The van der Waals surface area contributed by atoms with E-state index in [0.717, 1.165) is 31.6 Å². The van der Waals surface area contributed by atoms with E-state index in [-0.39, 0.29) is 23.6 Å². The van der Waals surface area contributed by atoms with Crippen LogP contribution < -0.4 is 10.2 Å². The summed E-state index contributed by atoms with van der Waals surface area (Å²) in [7, 11) is -3.14. The number of carbonyl (C=O) groups excluding carboxylic acids is 1. The number of nitrogens with one attached hydrogen (secondary N) is 1. The molecule has 0 unspecified atom stereocenters. The van der Waals surface area contributed by atoms with E-state index in [1.165, 1.54) is 0 Å². The summed E-state index contributed by atoms with van der Waals surface area (Å²) in [6.07, 6.45) is 1.82. The van der Waals surface area contributed by atoms with Gasteiger partial charge in [0.15, 0.2) is 9.84 Å². The highest BCUT2D eigenvalue weighted by atomic mass is 32.2. The minimum absolute atomic E-state index is 0.0149. The Balaban J connectivity index is 1.94. The van der Waals surface area contributed by atoms with Gasteiger partial charge in [-0.3, -0.25) is 4.79 Å². The Labute approximate surface area is 139 Å². The normalized spacial score (nSPS) is 16.6. The highest BCUT2D eigenvalue weighted by Crippen LogP contribution is 2.22. The van der Waals surface area contributed by atoms with Crippen molar-refractivity contribution < 1.29 is 13.2 Å². The summed E-state index contributed by atoms with van der Waals surface area (Å²) in [6.45, 7) is 7.18. The lowest BCUT2D eigenvalue weighted by Gasteiger charge is -2.34. The third-order valence-electron chi connectivity index (χ3n) is 4.31. The molecule has 1 aromatic carbocycles. The molecule has 0 atom stereocenters. The molecule has 1 aromatic rings. The molecule has 0 bridgehead atoms.